The molecule has 0 spiro atoms. The molecule has 4 heterocycles. The maximum Gasteiger partial charge on any atom is 0.146 e. The Kier molecular flexibility index (Phi) is 4.98. The van der Waals surface area contributed by atoms with Crippen LogP contribution in [-0.4, -0.2) is 82.1 Å². The molecule has 2 fully saturated rings. The Bertz CT molecular complexity index is 734. The molecule has 0 N–H and O–H groups in total. The number of aromatic nitrogens is 5. The van der Waals surface area contributed by atoms with Gasteiger partial charge in [-0.15, -0.1) is 10.2 Å². The van der Waals surface area contributed by atoms with E-state index in [1.807, 2.05) is 18.5 Å². The molecule has 2 saturated heterocycles. The van der Waals surface area contributed by atoms with Gasteiger partial charge in [0.1, 0.15) is 29.6 Å². The first-order chi connectivity index (χ1) is 12.7. The van der Waals surface area contributed by atoms with Gasteiger partial charge in [-0.2, -0.15) is 0 Å². The lowest BCUT2D eigenvalue weighted by Gasteiger charge is -2.35. The Morgan fingerprint density at radius 2 is 1.62 bits per heavy atom. The molecule has 0 bridgehead atoms. The van der Waals surface area contributed by atoms with E-state index in [1.54, 1.807) is 6.33 Å². The van der Waals surface area contributed by atoms with Gasteiger partial charge in [-0.05, 0) is 6.92 Å². The van der Waals surface area contributed by atoms with Crippen LogP contribution in [0.25, 0.3) is 0 Å². The molecule has 9 heteroatoms. The normalized spacial score (nSPS) is 19.2. The average Bonchev–Trinajstić information content (AvgIpc) is 3.07. The molecule has 0 unspecified atom stereocenters. The van der Waals surface area contributed by atoms with E-state index in [0.29, 0.717) is 0 Å². The van der Waals surface area contributed by atoms with Crippen LogP contribution in [0.1, 0.15) is 11.6 Å². The summed E-state index contributed by atoms with van der Waals surface area (Å²) in [6.07, 6.45) is 1.75. The molecule has 9 nitrogen and oxygen atoms in total. The average molecular weight is 358 g/mol. The van der Waals surface area contributed by atoms with Gasteiger partial charge in [0, 0.05) is 52.4 Å². The Morgan fingerprint density at radius 3 is 2.23 bits per heavy atom. The van der Waals surface area contributed by atoms with Gasteiger partial charge in [0.25, 0.3) is 0 Å². The Hall–Kier alpha value is -2.26. The highest BCUT2D eigenvalue weighted by Crippen LogP contribution is 2.21. The predicted octanol–water partition coefficient (Wildman–Crippen LogP) is 0.0723. The molecule has 0 amide bonds. The lowest BCUT2D eigenvalue weighted by Crippen LogP contribution is -2.46. The highest BCUT2D eigenvalue weighted by Gasteiger charge is 2.21. The first-order valence-corrected chi connectivity index (χ1v) is 9.17. The van der Waals surface area contributed by atoms with Crippen molar-refractivity contribution < 1.29 is 4.74 Å². The van der Waals surface area contributed by atoms with E-state index in [1.165, 1.54) is 0 Å². The van der Waals surface area contributed by atoms with Gasteiger partial charge in [0.2, 0.25) is 0 Å². The number of anilines is 2. The fraction of sp³-hybridized carbons (Fsp3) is 0.647. The number of aryl methyl sites for hydroxylation is 2. The molecule has 0 aliphatic carbocycles. The standard InChI is InChI=1S/C17H26N8O/c1-14-19-15(11-16(20-14)25-7-9-26-10-8-25)24-5-3-23(4-6-24)12-17-21-18-13-22(17)2/h11,13H,3-10,12H2,1-2H3. The van der Waals surface area contributed by atoms with Crippen molar-refractivity contribution >= 4 is 11.6 Å². The summed E-state index contributed by atoms with van der Waals surface area (Å²) in [5, 5.41) is 8.14. The van der Waals surface area contributed by atoms with Crippen LogP contribution < -0.4 is 9.80 Å². The first-order valence-electron chi connectivity index (χ1n) is 9.17. The van der Waals surface area contributed by atoms with Crippen molar-refractivity contribution in [3.63, 3.8) is 0 Å². The smallest absolute Gasteiger partial charge is 0.146 e. The number of nitrogens with zero attached hydrogens (tertiary/aromatic N) is 8. The van der Waals surface area contributed by atoms with Crippen molar-refractivity contribution in [1.82, 2.24) is 29.6 Å². The summed E-state index contributed by atoms with van der Waals surface area (Å²) >= 11 is 0. The number of morpholine rings is 1. The van der Waals surface area contributed by atoms with Crippen molar-refractivity contribution in [3.8, 4) is 0 Å². The zero-order valence-corrected chi connectivity index (χ0v) is 15.5. The van der Waals surface area contributed by atoms with Crippen molar-refractivity contribution in [2.24, 2.45) is 7.05 Å². The minimum Gasteiger partial charge on any atom is -0.378 e. The van der Waals surface area contributed by atoms with E-state index in [2.05, 4.69) is 40.9 Å². The highest BCUT2D eigenvalue weighted by atomic mass is 16.5. The molecule has 2 aliphatic rings. The van der Waals surface area contributed by atoms with Crippen LogP contribution in [-0.2, 0) is 18.3 Å². The van der Waals surface area contributed by atoms with Gasteiger partial charge in [-0.3, -0.25) is 4.90 Å². The third kappa shape index (κ3) is 3.78. The number of ether oxygens (including phenoxy) is 1. The van der Waals surface area contributed by atoms with E-state index in [0.717, 1.165) is 82.3 Å². The Balaban J connectivity index is 1.40. The molecule has 0 saturated carbocycles. The summed E-state index contributed by atoms with van der Waals surface area (Å²) < 4.78 is 7.43. The Labute approximate surface area is 153 Å². The number of piperazine rings is 1. The lowest BCUT2D eigenvalue weighted by molar-refractivity contribution is 0.122. The van der Waals surface area contributed by atoms with Crippen molar-refractivity contribution in [2.75, 3.05) is 62.3 Å². The van der Waals surface area contributed by atoms with Crippen molar-refractivity contribution in [1.29, 1.82) is 0 Å². The molecule has 2 aromatic rings. The van der Waals surface area contributed by atoms with E-state index in [4.69, 9.17) is 4.74 Å². The van der Waals surface area contributed by atoms with Crippen LogP contribution in [0.3, 0.4) is 0 Å². The molecule has 140 valence electrons. The maximum absolute atomic E-state index is 5.45. The summed E-state index contributed by atoms with van der Waals surface area (Å²) in [6.45, 7) is 10.0. The fourth-order valence-electron chi connectivity index (χ4n) is 3.44. The minimum absolute atomic E-state index is 0.763. The van der Waals surface area contributed by atoms with E-state index < -0.39 is 0 Å². The second kappa shape index (κ2) is 7.55. The molecule has 0 radical (unpaired) electrons. The van der Waals surface area contributed by atoms with Crippen LogP contribution >= 0.6 is 0 Å². The van der Waals surface area contributed by atoms with E-state index >= 15 is 0 Å². The maximum atomic E-state index is 5.45. The lowest BCUT2D eigenvalue weighted by atomic mass is 10.3. The summed E-state index contributed by atoms with van der Waals surface area (Å²) in [4.78, 5) is 16.4. The number of hydrogen-bond donors (Lipinski definition) is 0. The van der Waals surface area contributed by atoms with Crippen molar-refractivity contribution in [2.45, 2.75) is 13.5 Å². The summed E-state index contributed by atoms with van der Waals surface area (Å²) in [6, 6.07) is 2.12. The summed E-state index contributed by atoms with van der Waals surface area (Å²) in [7, 11) is 1.99. The zero-order valence-electron chi connectivity index (χ0n) is 15.5. The van der Waals surface area contributed by atoms with Crippen LogP contribution in [0.15, 0.2) is 12.4 Å². The van der Waals surface area contributed by atoms with E-state index in [9.17, 15) is 0 Å². The monoisotopic (exact) mass is 358 g/mol. The van der Waals surface area contributed by atoms with Crippen molar-refractivity contribution in [3.05, 3.63) is 24.0 Å². The third-order valence-corrected chi connectivity index (χ3v) is 5.01. The van der Waals surface area contributed by atoms with Gasteiger partial charge in [-0.1, -0.05) is 0 Å². The fourth-order valence-corrected chi connectivity index (χ4v) is 3.44. The minimum atomic E-state index is 0.763. The number of rotatable bonds is 4. The third-order valence-electron chi connectivity index (χ3n) is 5.01. The SMILES string of the molecule is Cc1nc(N2CCOCC2)cc(N2CCN(Cc3nncn3C)CC2)n1. The van der Waals surface area contributed by atoms with Gasteiger partial charge in [0.15, 0.2) is 0 Å². The summed E-state index contributed by atoms with van der Waals surface area (Å²) in [5.74, 6) is 3.87. The van der Waals surface area contributed by atoms with E-state index in [-0.39, 0.29) is 0 Å². The second-order valence-electron chi connectivity index (χ2n) is 6.85. The molecule has 26 heavy (non-hydrogen) atoms. The molecule has 2 aromatic heterocycles. The molecule has 0 aromatic carbocycles. The second-order valence-corrected chi connectivity index (χ2v) is 6.85. The van der Waals surface area contributed by atoms with Gasteiger partial charge in [-0.25, -0.2) is 9.97 Å². The van der Waals surface area contributed by atoms with Crippen LogP contribution in [0, 0.1) is 6.92 Å². The Morgan fingerprint density at radius 1 is 0.962 bits per heavy atom. The molecule has 4 rings (SSSR count). The number of hydrogen-bond acceptors (Lipinski definition) is 8. The molecular formula is C17H26N8O. The zero-order chi connectivity index (χ0) is 17.9. The highest BCUT2D eigenvalue weighted by molar-refractivity contribution is 5.51. The molecule has 0 atom stereocenters. The quantitative estimate of drug-likeness (QED) is 0.760. The van der Waals surface area contributed by atoms with Crippen LogP contribution in [0.2, 0.25) is 0 Å². The van der Waals surface area contributed by atoms with Gasteiger partial charge >= 0.3 is 0 Å². The summed E-state index contributed by atoms with van der Waals surface area (Å²) in [5.41, 5.74) is 0. The van der Waals surface area contributed by atoms with Crippen LogP contribution in [0.4, 0.5) is 11.6 Å². The van der Waals surface area contributed by atoms with Gasteiger partial charge < -0.3 is 19.1 Å². The largest absolute Gasteiger partial charge is 0.378 e. The first kappa shape index (κ1) is 17.2. The molecular weight excluding hydrogens is 332 g/mol. The predicted molar refractivity (Wildman–Crippen MR) is 98.3 cm³/mol. The topological polar surface area (TPSA) is 75.4 Å². The molecule has 2 aliphatic heterocycles. The van der Waals surface area contributed by atoms with Gasteiger partial charge in [0.05, 0.1) is 19.8 Å². The van der Waals surface area contributed by atoms with Crippen LogP contribution in [0.5, 0.6) is 0 Å².